The Balaban J connectivity index is 2.28. The molecule has 0 aliphatic rings. The first-order chi connectivity index (χ1) is 9.61. The summed E-state index contributed by atoms with van der Waals surface area (Å²) in [6, 6.07) is 3.64. The second kappa shape index (κ2) is 6.90. The summed E-state index contributed by atoms with van der Waals surface area (Å²) in [7, 11) is 0. The van der Waals surface area contributed by atoms with Gasteiger partial charge in [-0.1, -0.05) is 11.6 Å². The highest BCUT2D eigenvalue weighted by molar-refractivity contribution is 9.10. The molecule has 0 saturated carbocycles. The van der Waals surface area contributed by atoms with E-state index in [1.165, 1.54) is 0 Å². The lowest BCUT2D eigenvalue weighted by atomic mass is 10.2. The number of hydrogen-bond acceptors (Lipinski definition) is 4. The summed E-state index contributed by atoms with van der Waals surface area (Å²) < 4.78 is 6.48. The lowest BCUT2D eigenvalue weighted by Crippen LogP contribution is -2.10. The van der Waals surface area contributed by atoms with Crippen molar-refractivity contribution in [1.29, 1.82) is 0 Å². The molecule has 2 aromatic rings. The van der Waals surface area contributed by atoms with E-state index in [1.807, 2.05) is 26.0 Å². The third-order valence-electron chi connectivity index (χ3n) is 2.70. The van der Waals surface area contributed by atoms with E-state index >= 15 is 0 Å². The van der Waals surface area contributed by atoms with Crippen molar-refractivity contribution >= 4 is 33.2 Å². The van der Waals surface area contributed by atoms with Crippen molar-refractivity contribution in [3.05, 3.63) is 45.9 Å². The van der Waals surface area contributed by atoms with Crippen molar-refractivity contribution < 1.29 is 4.74 Å². The molecule has 6 heteroatoms. The molecule has 1 heterocycles. The van der Waals surface area contributed by atoms with E-state index in [4.69, 9.17) is 16.3 Å². The predicted octanol–water partition coefficient (Wildman–Crippen LogP) is 4.46. The monoisotopic (exact) mass is 355 g/mol. The van der Waals surface area contributed by atoms with Gasteiger partial charge in [0, 0.05) is 17.4 Å². The van der Waals surface area contributed by atoms with E-state index in [0.29, 0.717) is 11.6 Å². The fourth-order valence-corrected chi connectivity index (χ4v) is 2.72. The minimum atomic E-state index is -0.00623. The van der Waals surface area contributed by atoms with Gasteiger partial charge >= 0.3 is 0 Å². The number of nitrogens with zero attached hydrogens (tertiary/aromatic N) is 2. The molecule has 20 heavy (non-hydrogen) atoms. The van der Waals surface area contributed by atoms with Gasteiger partial charge in [-0.05, 0) is 41.9 Å². The van der Waals surface area contributed by atoms with Gasteiger partial charge < -0.3 is 10.1 Å². The molecular weight excluding hydrogens is 342 g/mol. The highest BCUT2D eigenvalue weighted by Gasteiger charge is 2.14. The zero-order valence-electron chi connectivity index (χ0n) is 11.2. The van der Waals surface area contributed by atoms with Gasteiger partial charge in [-0.2, -0.15) is 0 Å². The summed E-state index contributed by atoms with van der Waals surface area (Å²) in [6.45, 7) is 4.53. The smallest absolute Gasteiger partial charge is 0.156 e. The number of halogens is 2. The quantitative estimate of drug-likeness (QED) is 0.859. The normalized spacial score (nSPS) is 12.0. The number of aromatic nitrogens is 2. The fraction of sp³-hybridized carbons (Fsp3) is 0.286. The van der Waals surface area contributed by atoms with Crippen LogP contribution in [0.3, 0.4) is 0 Å². The minimum Gasteiger partial charge on any atom is -0.491 e. The molecule has 0 saturated heterocycles. The van der Waals surface area contributed by atoms with Crippen molar-refractivity contribution in [3.8, 4) is 5.75 Å². The molecule has 0 fully saturated rings. The molecule has 1 aromatic heterocycles. The summed E-state index contributed by atoms with van der Waals surface area (Å²) in [5.74, 6) is 0.743. The van der Waals surface area contributed by atoms with Gasteiger partial charge in [0.1, 0.15) is 0 Å². The summed E-state index contributed by atoms with van der Waals surface area (Å²) in [5, 5.41) is 3.98. The Kier molecular flexibility index (Phi) is 5.20. The Morgan fingerprint density at radius 2 is 2.20 bits per heavy atom. The number of hydrogen-bond donors (Lipinski definition) is 1. The first-order valence-electron chi connectivity index (χ1n) is 6.26. The molecule has 0 radical (unpaired) electrons. The van der Waals surface area contributed by atoms with E-state index < -0.39 is 0 Å². The average molecular weight is 357 g/mol. The molecule has 1 unspecified atom stereocenters. The van der Waals surface area contributed by atoms with Crippen molar-refractivity contribution in [1.82, 2.24) is 9.97 Å². The number of rotatable bonds is 5. The zero-order valence-corrected chi connectivity index (χ0v) is 13.6. The molecule has 1 aromatic carbocycles. The zero-order chi connectivity index (χ0) is 14.5. The topological polar surface area (TPSA) is 47.0 Å². The summed E-state index contributed by atoms with van der Waals surface area (Å²) in [4.78, 5) is 8.36. The largest absolute Gasteiger partial charge is 0.491 e. The number of nitrogens with one attached hydrogen (secondary N) is 1. The van der Waals surface area contributed by atoms with Crippen LogP contribution >= 0.6 is 27.5 Å². The van der Waals surface area contributed by atoms with Crippen LogP contribution in [0.1, 0.15) is 25.6 Å². The van der Waals surface area contributed by atoms with Crippen LogP contribution < -0.4 is 10.1 Å². The number of ether oxygens (including phenoxy) is 1. The molecule has 0 bridgehead atoms. The van der Waals surface area contributed by atoms with Crippen LogP contribution in [0.2, 0.25) is 5.02 Å². The Morgan fingerprint density at radius 3 is 2.85 bits per heavy atom. The Labute approximate surface area is 131 Å². The van der Waals surface area contributed by atoms with Gasteiger partial charge in [0.2, 0.25) is 0 Å². The Bertz CT molecular complexity index is 580. The van der Waals surface area contributed by atoms with Crippen molar-refractivity contribution in [2.24, 2.45) is 0 Å². The van der Waals surface area contributed by atoms with Crippen LogP contribution in [0.15, 0.2) is 35.2 Å². The average Bonchev–Trinajstić information content (AvgIpc) is 2.43. The summed E-state index contributed by atoms with van der Waals surface area (Å²) in [5.41, 5.74) is 1.68. The fourth-order valence-electron chi connectivity index (χ4n) is 1.80. The van der Waals surface area contributed by atoms with Gasteiger partial charge in [-0.3, -0.25) is 9.97 Å². The van der Waals surface area contributed by atoms with Gasteiger partial charge in [0.05, 0.1) is 34.7 Å². The third kappa shape index (κ3) is 3.61. The lowest BCUT2D eigenvalue weighted by Gasteiger charge is -2.18. The molecule has 1 atom stereocenters. The molecule has 4 nitrogen and oxygen atoms in total. The molecule has 0 aliphatic heterocycles. The van der Waals surface area contributed by atoms with Gasteiger partial charge in [-0.15, -0.1) is 0 Å². The van der Waals surface area contributed by atoms with Gasteiger partial charge in [-0.25, -0.2) is 0 Å². The SMILES string of the molecule is CCOc1c(Br)cc(Cl)cc1NC(C)c1cnccn1. The Morgan fingerprint density at radius 1 is 1.40 bits per heavy atom. The first-order valence-corrected chi connectivity index (χ1v) is 7.43. The van der Waals surface area contributed by atoms with Crippen molar-refractivity contribution in [2.45, 2.75) is 19.9 Å². The molecule has 106 valence electrons. The van der Waals surface area contributed by atoms with Crippen LogP contribution in [0, 0.1) is 0 Å². The molecule has 2 rings (SSSR count). The van der Waals surface area contributed by atoms with Gasteiger partial charge in [0.25, 0.3) is 0 Å². The van der Waals surface area contributed by atoms with E-state index in [2.05, 4.69) is 31.2 Å². The summed E-state index contributed by atoms with van der Waals surface area (Å²) >= 11 is 9.57. The van der Waals surface area contributed by atoms with E-state index in [-0.39, 0.29) is 6.04 Å². The standard InChI is InChI=1S/C14H15BrClN3O/c1-3-20-14-11(15)6-10(16)7-12(14)19-9(2)13-8-17-4-5-18-13/h4-9,19H,3H2,1-2H3. The predicted molar refractivity (Wildman–Crippen MR) is 84.4 cm³/mol. The molecule has 0 aliphatic carbocycles. The minimum absolute atomic E-state index is 0.00623. The van der Waals surface area contributed by atoms with E-state index in [9.17, 15) is 0 Å². The maximum absolute atomic E-state index is 6.10. The second-order valence-corrected chi connectivity index (χ2v) is 5.48. The van der Waals surface area contributed by atoms with Crippen LogP contribution in [-0.2, 0) is 0 Å². The Hall–Kier alpha value is -1.33. The van der Waals surface area contributed by atoms with Gasteiger partial charge in [0.15, 0.2) is 5.75 Å². The van der Waals surface area contributed by atoms with Crippen LogP contribution in [0.4, 0.5) is 5.69 Å². The van der Waals surface area contributed by atoms with E-state index in [1.54, 1.807) is 18.6 Å². The van der Waals surface area contributed by atoms with Crippen molar-refractivity contribution in [2.75, 3.05) is 11.9 Å². The maximum atomic E-state index is 6.10. The summed E-state index contributed by atoms with van der Waals surface area (Å²) in [6.07, 6.45) is 5.06. The molecular formula is C14H15BrClN3O. The van der Waals surface area contributed by atoms with E-state index in [0.717, 1.165) is 21.6 Å². The molecule has 1 N–H and O–H groups in total. The third-order valence-corrected chi connectivity index (χ3v) is 3.50. The maximum Gasteiger partial charge on any atom is 0.156 e. The number of benzene rings is 1. The van der Waals surface area contributed by atoms with Crippen LogP contribution in [-0.4, -0.2) is 16.6 Å². The lowest BCUT2D eigenvalue weighted by molar-refractivity contribution is 0.339. The first kappa shape index (κ1) is 15.1. The highest BCUT2D eigenvalue weighted by atomic mass is 79.9. The molecule has 0 spiro atoms. The molecule has 0 amide bonds. The van der Waals surface area contributed by atoms with Crippen LogP contribution in [0.25, 0.3) is 0 Å². The van der Waals surface area contributed by atoms with Crippen molar-refractivity contribution in [3.63, 3.8) is 0 Å². The highest BCUT2D eigenvalue weighted by Crippen LogP contribution is 2.38. The second-order valence-electron chi connectivity index (χ2n) is 4.19. The van der Waals surface area contributed by atoms with Crippen LogP contribution in [0.5, 0.6) is 5.75 Å². The number of anilines is 1.